The highest BCUT2D eigenvalue weighted by Crippen LogP contribution is 2.22. The molecule has 0 aromatic heterocycles. The van der Waals surface area contributed by atoms with Crippen LogP contribution in [0.5, 0.6) is 5.75 Å². The van der Waals surface area contributed by atoms with Crippen molar-refractivity contribution in [3.63, 3.8) is 0 Å². The fourth-order valence-electron chi connectivity index (χ4n) is 1.71. The summed E-state index contributed by atoms with van der Waals surface area (Å²) in [5, 5.41) is 10.5. The number of ether oxygens (including phenoxy) is 1. The molecule has 2 aromatic rings. The minimum Gasteiger partial charge on any atom is -0.478 e. The van der Waals surface area contributed by atoms with Gasteiger partial charge in [-0.05, 0) is 35.0 Å². The molecule has 0 saturated heterocycles. The molecule has 20 heavy (non-hydrogen) atoms. The summed E-state index contributed by atoms with van der Waals surface area (Å²) in [6.45, 7) is 3.46. The van der Waals surface area contributed by atoms with Crippen LogP contribution in [0.1, 0.15) is 16.8 Å². The Morgan fingerprint density at radius 1 is 1.15 bits per heavy atom. The van der Waals surface area contributed by atoms with E-state index in [4.69, 9.17) is 9.84 Å². The Hall–Kier alpha value is -2.33. The molecule has 0 aliphatic carbocycles. The molecule has 0 bridgehead atoms. The van der Waals surface area contributed by atoms with Crippen molar-refractivity contribution < 1.29 is 19.4 Å². The zero-order valence-corrected chi connectivity index (χ0v) is 11.4. The quantitative estimate of drug-likeness (QED) is 0.532. The van der Waals surface area contributed by atoms with Gasteiger partial charge in [-0.2, -0.15) is 0 Å². The number of fused-ring (bicyclic) bond motifs is 1. The van der Waals surface area contributed by atoms with E-state index in [2.05, 4.69) is 6.58 Å². The van der Waals surface area contributed by atoms with Gasteiger partial charge in [-0.1, -0.05) is 18.2 Å². The highest BCUT2D eigenvalue weighted by Gasteiger charge is 2.06. The maximum Gasteiger partial charge on any atom is 0.335 e. The van der Waals surface area contributed by atoms with Gasteiger partial charge in [0.25, 0.3) is 0 Å². The van der Waals surface area contributed by atoms with Crippen molar-refractivity contribution in [2.75, 3.05) is 0 Å². The third kappa shape index (κ3) is 3.59. The van der Waals surface area contributed by atoms with E-state index in [-0.39, 0.29) is 30.4 Å². The fraction of sp³-hybridized carbons (Fsp3) is 0.0667. The number of carboxylic acid groups (broad SMARTS) is 1. The average Bonchev–Trinajstić information content (AvgIpc) is 2.38. The van der Waals surface area contributed by atoms with Crippen LogP contribution < -0.4 is 4.74 Å². The van der Waals surface area contributed by atoms with Crippen LogP contribution in [0.25, 0.3) is 10.8 Å². The van der Waals surface area contributed by atoms with Crippen LogP contribution in [0, 0.1) is 0 Å². The number of carboxylic acids is 1. The molecule has 0 unspecified atom stereocenters. The summed E-state index contributed by atoms with van der Waals surface area (Å²) in [6, 6.07) is 9.83. The van der Waals surface area contributed by atoms with Crippen molar-refractivity contribution in [1.29, 1.82) is 0 Å². The van der Waals surface area contributed by atoms with Gasteiger partial charge in [-0.25, -0.2) is 4.79 Å². The van der Waals surface area contributed by atoms with E-state index in [0.29, 0.717) is 5.75 Å². The minimum atomic E-state index is -0.969. The second-order valence-corrected chi connectivity index (χ2v) is 4.00. The van der Waals surface area contributed by atoms with Crippen LogP contribution in [0.4, 0.5) is 0 Å². The zero-order valence-electron chi connectivity index (χ0n) is 10.5. The first-order valence-electron chi connectivity index (χ1n) is 5.69. The topological polar surface area (TPSA) is 63.6 Å². The monoisotopic (exact) mass is 292 g/mol. The lowest BCUT2D eigenvalue weighted by Gasteiger charge is -2.05. The number of hydrogen-bond donors (Lipinski definition) is 1. The molecule has 4 nitrogen and oxygen atoms in total. The van der Waals surface area contributed by atoms with E-state index in [1.165, 1.54) is 12.1 Å². The number of rotatable bonds is 4. The molecule has 0 atom stereocenters. The Kier molecular flexibility index (Phi) is 5.29. The first kappa shape index (κ1) is 15.7. The predicted octanol–water partition coefficient (Wildman–Crippen LogP) is 3.44. The number of carbonyl (C=O) groups excluding carboxylic acids is 1. The molecule has 5 heteroatoms. The normalized spacial score (nSPS) is 9.60. The van der Waals surface area contributed by atoms with Crippen LogP contribution in [0.2, 0.25) is 0 Å². The molecule has 0 saturated carbocycles. The third-order valence-corrected chi connectivity index (χ3v) is 2.60. The lowest BCUT2D eigenvalue weighted by atomic mass is 10.1. The molecule has 2 aromatic carbocycles. The molecule has 0 spiro atoms. The molecule has 0 aliphatic heterocycles. The molecule has 104 valence electrons. The van der Waals surface area contributed by atoms with E-state index in [9.17, 15) is 9.59 Å². The van der Waals surface area contributed by atoms with E-state index in [0.717, 1.165) is 10.8 Å². The van der Waals surface area contributed by atoms with Gasteiger partial charge in [0.05, 0.1) is 12.0 Å². The van der Waals surface area contributed by atoms with Crippen LogP contribution in [0.15, 0.2) is 49.1 Å². The highest BCUT2D eigenvalue weighted by atomic mass is 35.5. The van der Waals surface area contributed by atoms with Gasteiger partial charge in [-0.3, -0.25) is 4.79 Å². The number of halogens is 1. The van der Waals surface area contributed by atoms with Gasteiger partial charge in [0, 0.05) is 0 Å². The number of carbonyl (C=O) groups is 2. The zero-order chi connectivity index (χ0) is 13.8. The maximum atomic E-state index is 11.3. The van der Waals surface area contributed by atoms with Gasteiger partial charge in [0.15, 0.2) is 0 Å². The number of esters is 1. The summed E-state index contributed by atoms with van der Waals surface area (Å²) < 4.78 is 5.11. The fourth-order valence-corrected chi connectivity index (χ4v) is 1.71. The third-order valence-electron chi connectivity index (χ3n) is 2.60. The molecular formula is C15H13ClO4. The summed E-state index contributed by atoms with van der Waals surface area (Å²) in [4.78, 5) is 22.2. The Bertz CT molecular complexity index is 664. The Labute approximate surface area is 122 Å². The largest absolute Gasteiger partial charge is 0.478 e. The molecule has 0 fully saturated rings. The molecule has 0 amide bonds. The van der Waals surface area contributed by atoms with Crippen molar-refractivity contribution in [3.05, 3.63) is 54.6 Å². The van der Waals surface area contributed by atoms with Crippen molar-refractivity contribution >= 4 is 35.1 Å². The summed E-state index contributed by atoms with van der Waals surface area (Å²) in [7, 11) is 0. The Morgan fingerprint density at radius 2 is 1.80 bits per heavy atom. The summed E-state index contributed by atoms with van der Waals surface area (Å²) in [5.74, 6) is -0.915. The minimum absolute atomic E-state index is 0. The smallest absolute Gasteiger partial charge is 0.335 e. The van der Waals surface area contributed by atoms with Crippen LogP contribution in [-0.4, -0.2) is 17.0 Å². The van der Waals surface area contributed by atoms with Gasteiger partial charge < -0.3 is 9.84 Å². The number of benzene rings is 2. The van der Waals surface area contributed by atoms with Gasteiger partial charge in [0.1, 0.15) is 5.75 Å². The Morgan fingerprint density at radius 3 is 2.45 bits per heavy atom. The van der Waals surface area contributed by atoms with Gasteiger partial charge in [0.2, 0.25) is 0 Å². The van der Waals surface area contributed by atoms with Gasteiger partial charge in [-0.15, -0.1) is 19.0 Å². The molecular weight excluding hydrogens is 280 g/mol. The van der Waals surface area contributed by atoms with E-state index >= 15 is 0 Å². The summed E-state index contributed by atoms with van der Waals surface area (Å²) >= 11 is 0. The van der Waals surface area contributed by atoms with Crippen molar-refractivity contribution in [2.45, 2.75) is 6.42 Å². The molecule has 0 aliphatic rings. The first-order chi connectivity index (χ1) is 9.10. The maximum absolute atomic E-state index is 11.3. The van der Waals surface area contributed by atoms with Crippen LogP contribution in [-0.2, 0) is 4.79 Å². The molecule has 0 heterocycles. The molecule has 2 rings (SSSR count). The van der Waals surface area contributed by atoms with Crippen molar-refractivity contribution in [3.8, 4) is 5.75 Å². The average molecular weight is 293 g/mol. The standard InChI is InChI=1S/C15H12O4.ClH/c1-2-3-14(16)19-13-7-6-10-8-12(15(17)18)5-4-11(10)9-13;/h2,4-9H,1,3H2,(H,17,18);1H. The summed E-state index contributed by atoms with van der Waals surface area (Å²) in [5.41, 5.74) is 0.226. The van der Waals surface area contributed by atoms with Crippen molar-refractivity contribution in [2.24, 2.45) is 0 Å². The second kappa shape index (κ2) is 6.73. The first-order valence-corrected chi connectivity index (χ1v) is 5.69. The second-order valence-electron chi connectivity index (χ2n) is 4.00. The lowest BCUT2D eigenvalue weighted by molar-refractivity contribution is -0.133. The predicted molar refractivity (Wildman–Crippen MR) is 78.6 cm³/mol. The summed E-state index contributed by atoms with van der Waals surface area (Å²) in [6.07, 6.45) is 1.62. The van der Waals surface area contributed by atoms with E-state index < -0.39 is 5.97 Å². The Balaban J connectivity index is 0.00000200. The van der Waals surface area contributed by atoms with Crippen LogP contribution >= 0.6 is 12.4 Å². The lowest BCUT2D eigenvalue weighted by Crippen LogP contribution is -2.05. The van der Waals surface area contributed by atoms with E-state index in [1.54, 1.807) is 30.3 Å². The SMILES string of the molecule is C=CCC(=O)Oc1ccc2cc(C(=O)O)ccc2c1.Cl. The highest BCUT2D eigenvalue weighted by molar-refractivity contribution is 5.94. The van der Waals surface area contributed by atoms with E-state index in [1.807, 2.05) is 0 Å². The molecule has 1 N–H and O–H groups in total. The van der Waals surface area contributed by atoms with Crippen LogP contribution in [0.3, 0.4) is 0 Å². The number of hydrogen-bond acceptors (Lipinski definition) is 3. The number of aromatic carboxylic acids is 1. The van der Waals surface area contributed by atoms with Crippen molar-refractivity contribution in [1.82, 2.24) is 0 Å². The molecule has 0 radical (unpaired) electrons. The van der Waals surface area contributed by atoms with Gasteiger partial charge >= 0.3 is 11.9 Å².